The van der Waals surface area contributed by atoms with Crippen molar-refractivity contribution in [3.05, 3.63) is 17.9 Å². The molecule has 0 aliphatic carbocycles. The Balaban J connectivity index is 2.50. The number of hydrogen-bond donors (Lipinski definition) is 1. The van der Waals surface area contributed by atoms with Gasteiger partial charge in [-0.1, -0.05) is 0 Å². The van der Waals surface area contributed by atoms with Crippen LogP contribution in [-0.4, -0.2) is 26.2 Å². The smallest absolute Gasteiger partial charge is 0.254 e. The highest BCUT2D eigenvalue weighted by Crippen LogP contribution is 2.13. The quantitative estimate of drug-likeness (QED) is 0.598. The second-order valence-electron chi connectivity index (χ2n) is 3.20. The Morgan fingerprint density at radius 2 is 2.44 bits per heavy atom. The fourth-order valence-corrected chi connectivity index (χ4v) is 0.931. The lowest BCUT2D eigenvalue weighted by molar-refractivity contribution is -0.120. The third-order valence-electron chi connectivity index (χ3n) is 1.67. The van der Waals surface area contributed by atoms with Gasteiger partial charge in [-0.3, -0.25) is 4.79 Å². The summed E-state index contributed by atoms with van der Waals surface area (Å²) in [7, 11) is 3.71. The Bertz CT molecular complexity index is 428. The maximum Gasteiger partial charge on any atom is 0.254 e. The molecule has 16 heavy (non-hydrogen) atoms. The average molecular weight is 220 g/mol. The molecule has 1 N–H and O–H groups in total. The molecule has 0 aliphatic rings. The molecule has 1 amide bonds. The summed E-state index contributed by atoms with van der Waals surface area (Å²) >= 11 is 0. The lowest BCUT2D eigenvalue weighted by Gasteiger charge is -2.05. The van der Waals surface area contributed by atoms with Gasteiger partial charge in [0.2, 0.25) is 0 Å². The summed E-state index contributed by atoms with van der Waals surface area (Å²) in [6, 6.07) is 5.24. The van der Waals surface area contributed by atoms with Gasteiger partial charge < -0.3 is 9.32 Å². The van der Waals surface area contributed by atoms with E-state index in [2.05, 4.69) is 10.5 Å². The van der Waals surface area contributed by atoms with Gasteiger partial charge in [-0.25, -0.2) is 5.43 Å². The Morgan fingerprint density at radius 3 is 3.00 bits per heavy atom. The minimum atomic E-state index is -0.446. The zero-order chi connectivity index (χ0) is 12.0. The van der Waals surface area contributed by atoms with E-state index in [1.165, 1.54) is 6.21 Å². The van der Waals surface area contributed by atoms with Crippen LogP contribution in [0.3, 0.4) is 0 Å². The molecule has 6 nitrogen and oxygen atoms in total. The summed E-state index contributed by atoms with van der Waals surface area (Å²) in [4.78, 5) is 12.7. The summed E-state index contributed by atoms with van der Waals surface area (Å²) in [5.41, 5.74) is 2.20. The normalized spacial score (nSPS) is 10.1. The predicted octanol–water partition coefficient (Wildman–Crippen LogP) is 0.709. The number of furan rings is 1. The molecular weight excluding hydrogens is 208 g/mol. The molecule has 0 saturated heterocycles. The van der Waals surface area contributed by atoms with Crippen LogP contribution in [0.25, 0.3) is 0 Å². The maximum atomic E-state index is 10.9. The molecule has 0 radical (unpaired) electrons. The van der Waals surface area contributed by atoms with Gasteiger partial charge in [0.1, 0.15) is 12.2 Å². The summed E-state index contributed by atoms with van der Waals surface area (Å²) in [5, 5.41) is 11.9. The molecule has 0 spiro atoms. The van der Waals surface area contributed by atoms with Crippen LogP contribution in [0, 0.1) is 11.3 Å². The van der Waals surface area contributed by atoms with E-state index in [0.29, 0.717) is 11.6 Å². The second kappa shape index (κ2) is 5.56. The van der Waals surface area contributed by atoms with Gasteiger partial charge in [0.15, 0.2) is 5.88 Å². The van der Waals surface area contributed by atoms with Crippen molar-refractivity contribution in [3.63, 3.8) is 0 Å². The molecule has 6 heteroatoms. The molecule has 1 heterocycles. The van der Waals surface area contributed by atoms with E-state index in [9.17, 15) is 4.79 Å². The molecule has 0 atom stereocenters. The number of nitrogens with zero attached hydrogens (tertiary/aromatic N) is 3. The van der Waals surface area contributed by atoms with Gasteiger partial charge in [0.05, 0.1) is 12.3 Å². The summed E-state index contributed by atoms with van der Waals surface area (Å²) in [6.07, 6.45) is 1.17. The number of nitriles is 1. The van der Waals surface area contributed by atoms with Crippen molar-refractivity contribution in [2.45, 2.75) is 6.42 Å². The highest BCUT2D eigenvalue weighted by molar-refractivity contribution is 5.81. The molecule has 1 rings (SSSR count). The lowest BCUT2D eigenvalue weighted by Crippen LogP contribution is -2.16. The van der Waals surface area contributed by atoms with Crippen LogP contribution < -0.4 is 10.3 Å². The van der Waals surface area contributed by atoms with Crippen molar-refractivity contribution in [1.29, 1.82) is 5.26 Å². The van der Waals surface area contributed by atoms with Crippen LogP contribution in [0.15, 0.2) is 21.7 Å². The van der Waals surface area contributed by atoms with E-state index in [1.54, 1.807) is 18.2 Å². The number of carbonyl (C=O) groups excluding carboxylic acids is 1. The van der Waals surface area contributed by atoms with Gasteiger partial charge in [-0.05, 0) is 6.07 Å². The summed E-state index contributed by atoms with van der Waals surface area (Å²) in [5.74, 6) is 0.781. The first kappa shape index (κ1) is 11.8. The largest absolute Gasteiger partial charge is 0.440 e. The van der Waals surface area contributed by atoms with Gasteiger partial charge in [0.25, 0.3) is 5.91 Å². The van der Waals surface area contributed by atoms with E-state index < -0.39 is 5.91 Å². The van der Waals surface area contributed by atoms with Gasteiger partial charge in [0, 0.05) is 20.2 Å². The Kier molecular flexibility index (Phi) is 4.09. The van der Waals surface area contributed by atoms with Crippen LogP contribution in [0.1, 0.15) is 12.2 Å². The molecule has 0 unspecified atom stereocenters. The number of hydrogen-bond acceptors (Lipinski definition) is 5. The maximum absolute atomic E-state index is 10.9. The number of carbonyl (C=O) groups is 1. The minimum Gasteiger partial charge on any atom is -0.440 e. The Morgan fingerprint density at radius 1 is 1.69 bits per heavy atom. The summed E-state index contributed by atoms with van der Waals surface area (Å²) in [6.45, 7) is 0. The van der Waals surface area contributed by atoms with E-state index in [-0.39, 0.29) is 6.42 Å². The first-order valence-corrected chi connectivity index (χ1v) is 4.59. The molecule has 1 aromatic rings. The SMILES string of the molecule is CN(C)c1ccc(/C=N\NC(=O)CC#N)o1. The highest BCUT2D eigenvalue weighted by atomic mass is 16.4. The Hall–Kier alpha value is -2.29. The van der Waals surface area contributed by atoms with Crippen LogP contribution >= 0.6 is 0 Å². The number of nitrogens with one attached hydrogen (secondary N) is 1. The predicted molar refractivity (Wildman–Crippen MR) is 59.0 cm³/mol. The molecule has 0 fully saturated rings. The average Bonchev–Trinajstić information content (AvgIpc) is 2.67. The molecular formula is C10H12N4O2. The fraction of sp³-hybridized carbons (Fsp3) is 0.300. The third kappa shape index (κ3) is 3.46. The molecule has 0 aromatic carbocycles. The van der Waals surface area contributed by atoms with Gasteiger partial charge in [-0.15, -0.1) is 0 Å². The molecule has 0 bridgehead atoms. The molecule has 1 aromatic heterocycles. The number of anilines is 1. The van der Waals surface area contributed by atoms with E-state index in [4.69, 9.17) is 9.68 Å². The van der Waals surface area contributed by atoms with E-state index >= 15 is 0 Å². The van der Waals surface area contributed by atoms with Crippen molar-refractivity contribution < 1.29 is 9.21 Å². The second-order valence-corrected chi connectivity index (χ2v) is 3.20. The van der Waals surface area contributed by atoms with Crippen molar-refractivity contribution in [3.8, 4) is 6.07 Å². The van der Waals surface area contributed by atoms with Gasteiger partial charge >= 0.3 is 0 Å². The van der Waals surface area contributed by atoms with E-state index in [0.717, 1.165) is 0 Å². The molecule has 84 valence electrons. The van der Waals surface area contributed by atoms with Crippen LogP contribution in [0.4, 0.5) is 5.88 Å². The van der Waals surface area contributed by atoms with Crippen LogP contribution in [0.5, 0.6) is 0 Å². The topological polar surface area (TPSA) is 81.6 Å². The first-order chi connectivity index (χ1) is 7.63. The Labute approximate surface area is 93.1 Å². The van der Waals surface area contributed by atoms with Crippen LogP contribution in [-0.2, 0) is 4.79 Å². The third-order valence-corrected chi connectivity index (χ3v) is 1.67. The first-order valence-electron chi connectivity index (χ1n) is 4.59. The highest BCUT2D eigenvalue weighted by Gasteiger charge is 2.01. The van der Waals surface area contributed by atoms with E-state index in [1.807, 2.05) is 19.0 Å². The standard InChI is InChI=1S/C10H12N4O2/c1-14(2)10-4-3-8(16-10)7-12-13-9(15)5-6-11/h3-4,7H,5H2,1-2H3,(H,13,15)/b12-7-. The zero-order valence-electron chi connectivity index (χ0n) is 9.10. The van der Waals surface area contributed by atoms with Crippen molar-refractivity contribution in [1.82, 2.24) is 5.43 Å². The zero-order valence-corrected chi connectivity index (χ0v) is 9.10. The molecule has 0 saturated carbocycles. The van der Waals surface area contributed by atoms with Crippen molar-refractivity contribution >= 4 is 18.0 Å². The van der Waals surface area contributed by atoms with Crippen molar-refractivity contribution in [2.24, 2.45) is 5.10 Å². The summed E-state index contributed by atoms with van der Waals surface area (Å²) < 4.78 is 5.35. The monoisotopic (exact) mass is 220 g/mol. The number of rotatable bonds is 4. The lowest BCUT2D eigenvalue weighted by atomic mass is 10.4. The number of hydrazone groups is 1. The minimum absolute atomic E-state index is 0.210. The number of amides is 1. The van der Waals surface area contributed by atoms with Gasteiger partial charge in [-0.2, -0.15) is 10.4 Å². The van der Waals surface area contributed by atoms with Crippen LogP contribution in [0.2, 0.25) is 0 Å². The molecule has 0 aliphatic heterocycles. The fourth-order valence-electron chi connectivity index (χ4n) is 0.931. The van der Waals surface area contributed by atoms with Crippen molar-refractivity contribution in [2.75, 3.05) is 19.0 Å².